The van der Waals surface area contributed by atoms with Gasteiger partial charge >= 0.3 is 0 Å². The fraction of sp³-hybridized carbons (Fsp3) is 0.269. The molecule has 0 saturated carbocycles. The van der Waals surface area contributed by atoms with Crippen LogP contribution >= 0.6 is 0 Å². The number of carbonyl (C=O) groups excluding carboxylic acids is 1. The van der Waals surface area contributed by atoms with Crippen molar-refractivity contribution in [2.45, 2.75) is 0 Å². The number of pyridine rings is 1. The number of hydrogen-bond donors (Lipinski definition) is 2. The van der Waals surface area contributed by atoms with E-state index in [1.807, 2.05) is 24.3 Å². The first-order chi connectivity index (χ1) is 17.5. The summed E-state index contributed by atoms with van der Waals surface area (Å²) in [5.41, 5.74) is 2.64. The van der Waals surface area contributed by atoms with E-state index in [4.69, 9.17) is 9.47 Å². The molecule has 4 aromatic rings. The third-order valence-corrected chi connectivity index (χ3v) is 6.40. The van der Waals surface area contributed by atoms with Gasteiger partial charge in [-0.15, -0.1) is 0 Å². The third-order valence-electron chi connectivity index (χ3n) is 6.40. The van der Waals surface area contributed by atoms with Gasteiger partial charge in [0.1, 0.15) is 5.75 Å². The van der Waals surface area contributed by atoms with Crippen molar-refractivity contribution in [3.8, 4) is 22.8 Å². The molecule has 2 aromatic carbocycles. The fourth-order valence-electron chi connectivity index (χ4n) is 4.24. The molecule has 1 fully saturated rings. The van der Waals surface area contributed by atoms with Crippen LogP contribution in [0.25, 0.3) is 22.3 Å². The molecular formula is C26H27FN6O3. The van der Waals surface area contributed by atoms with E-state index in [0.717, 1.165) is 31.9 Å². The number of methoxy groups -OCH3 is 2. The van der Waals surface area contributed by atoms with Gasteiger partial charge in [0.15, 0.2) is 23.0 Å². The SMILES string of the molecule is COc1cc(OC)c(F)c(-c2ccc3c(NC(=O)c4ccc(N5CCN(C)CC5)cc4)n[nH]c3n2)c1. The summed E-state index contributed by atoms with van der Waals surface area (Å²) in [6.45, 7) is 3.95. The van der Waals surface area contributed by atoms with Crippen molar-refractivity contribution in [2.24, 2.45) is 0 Å². The van der Waals surface area contributed by atoms with Crippen LogP contribution in [-0.4, -0.2) is 73.4 Å². The number of aromatic nitrogens is 3. The Morgan fingerprint density at radius 2 is 1.78 bits per heavy atom. The number of anilines is 2. The number of benzene rings is 2. The first-order valence-electron chi connectivity index (χ1n) is 11.6. The van der Waals surface area contributed by atoms with Crippen molar-refractivity contribution in [2.75, 3.05) is 57.7 Å². The van der Waals surface area contributed by atoms with Crippen LogP contribution in [0.15, 0.2) is 48.5 Å². The molecule has 2 N–H and O–H groups in total. The maximum atomic E-state index is 14.9. The number of aromatic amines is 1. The summed E-state index contributed by atoms with van der Waals surface area (Å²) in [4.78, 5) is 22.0. The van der Waals surface area contributed by atoms with E-state index >= 15 is 0 Å². The van der Waals surface area contributed by atoms with Gasteiger partial charge in [-0.2, -0.15) is 5.10 Å². The number of fused-ring (bicyclic) bond motifs is 1. The Morgan fingerprint density at radius 3 is 2.47 bits per heavy atom. The molecule has 0 bridgehead atoms. The Kier molecular flexibility index (Phi) is 6.43. The molecular weight excluding hydrogens is 463 g/mol. The average Bonchev–Trinajstić information content (AvgIpc) is 3.31. The number of nitrogens with zero attached hydrogens (tertiary/aromatic N) is 4. The molecule has 0 unspecified atom stereocenters. The standard InChI is InChI=1S/C26H27FN6O3/c1-32-10-12-33(13-11-32)17-6-4-16(5-7-17)26(34)29-25-19-8-9-21(28-24(19)30-31-25)20-14-18(35-2)15-22(36-3)23(20)27/h4-9,14-15H,10-13H2,1-3H3,(H2,28,29,30,31,34). The summed E-state index contributed by atoms with van der Waals surface area (Å²) in [5.74, 6) is 0.0314. The predicted octanol–water partition coefficient (Wildman–Crippen LogP) is 3.79. The summed E-state index contributed by atoms with van der Waals surface area (Å²) in [6, 6.07) is 14.0. The molecule has 1 aliphatic rings. The smallest absolute Gasteiger partial charge is 0.256 e. The molecule has 0 radical (unpaired) electrons. The molecule has 1 saturated heterocycles. The van der Waals surface area contributed by atoms with Gasteiger partial charge in [-0.3, -0.25) is 9.89 Å². The first kappa shape index (κ1) is 23.6. The van der Waals surface area contributed by atoms with E-state index in [0.29, 0.717) is 33.9 Å². The monoisotopic (exact) mass is 490 g/mol. The zero-order valence-corrected chi connectivity index (χ0v) is 20.3. The number of nitrogens with one attached hydrogen (secondary N) is 2. The molecule has 36 heavy (non-hydrogen) atoms. The van der Waals surface area contributed by atoms with Gasteiger partial charge in [-0.25, -0.2) is 9.37 Å². The van der Waals surface area contributed by atoms with Crippen LogP contribution in [0.1, 0.15) is 10.4 Å². The first-order valence-corrected chi connectivity index (χ1v) is 11.6. The van der Waals surface area contributed by atoms with Gasteiger partial charge < -0.3 is 24.6 Å². The zero-order chi connectivity index (χ0) is 25.2. The van der Waals surface area contributed by atoms with Crippen molar-refractivity contribution >= 4 is 28.4 Å². The summed E-state index contributed by atoms with van der Waals surface area (Å²) in [5, 5.41) is 10.5. The molecule has 2 aromatic heterocycles. The quantitative estimate of drug-likeness (QED) is 0.425. The Balaban J connectivity index is 1.35. The maximum absolute atomic E-state index is 14.9. The minimum atomic E-state index is -0.543. The second-order valence-corrected chi connectivity index (χ2v) is 8.65. The van der Waals surface area contributed by atoms with Gasteiger partial charge in [0.05, 0.1) is 25.3 Å². The van der Waals surface area contributed by atoms with Gasteiger partial charge in [0.25, 0.3) is 5.91 Å². The van der Waals surface area contributed by atoms with Gasteiger partial charge in [-0.05, 0) is 49.5 Å². The summed E-state index contributed by atoms with van der Waals surface area (Å²) in [6.07, 6.45) is 0. The Bertz CT molecular complexity index is 1400. The molecule has 0 atom stereocenters. The minimum Gasteiger partial charge on any atom is -0.497 e. The lowest BCUT2D eigenvalue weighted by molar-refractivity contribution is 0.102. The summed E-state index contributed by atoms with van der Waals surface area (Å²) < 4.78 is 25.3. The minimum absolute atomic E-state index is 0.0578. The number of H-pyrrole nitrogens is 1. The van der Waals surface area contributed by atoms with Crippen LogP contribution in [0.3, 0.4) is 0 Å². The number of carbonyl (C=O) groups is 1. The molecule has 3 heterocycles. The van der Waals surface area contributed by atoms with Gasteiger partial charge in [0, 0.05) is 49.1 Å². The van der Waals surface area contributed by atoms with Gasteiger partial charge in [-0.1, -0.05) is 0 Å². The van der Waals surface area contributed by atoms with Crippen molar-refractivity contribution < 1.29 is 18.7 Å². The summed E-state index contributed by atoms with van der Waals surface area (Å²) >= 11 is 0. The highest BCUT2D eigenvalue weighted by Gasteiger charge is 2.18. The largest absolute Gasteiger partial charge is 0.497 e. The van der Waals surface area contributed by atoms with E-state index in [-0.39, 0.29) is 17.2 Å². The van der Waals surface area contributed by atoms with Crippen LogP contribution in [0.2, 0.25) is 0 Å². The molecule has 10 heteroatoms. The van der Waals surface area contributed by atoms with Crippen LogP contribution < -0.4 is 19.7 Å². The van der Waals surface area contributed by atoms with Gasteiger partial charge in [0.2, 0.25) is 0 Å². The number of ether oxygens (including phenoxy) is 2. The lowest BCUT2D eigenvalue weighted by Gasteiger charge is -2.34. The average molecular weight is 491 g/mol. The van der Waals surface area contributed by atoms with Crippen LogP contribution in [-0.2, 0) is 0 Å². The highest BCUT2D eigenvalue weighted by Crippen LogP contribution is 2.34. The zero-order valence-electron chi connectivity index (χ0n) is 20.3. The Hall–Kier alpha value is -4.18. The Labute approximate surface area is 207 Å². The third kappa shape index (κ3) is 4.55. The van der Waals surface area contributed by atoms with Crippen molar-refractivity contribution in [3.05, 3.63) is 59.9 Å². The number of halogens is 1. The highest BCUT2D eigenvalue weighted by molar-refractivity contribution is 6.07. The number of likely N-dealkylation sites (N-methyl/N-ethyl adjacent to an activating group) is 1. The summed E-state index contributed by atoms with van der Waals surface area (Å²) in [7, 11) is 5.01. The number of rotatable bonds is 6. The lowest BCUT2D eigenvalue weighted by Crippen LogP contribution is -2.44. The molecule has 0 aliphatic carbocycles. The molecule has 1 amide bonds. The highest BCUT2D eigenvalue weighted by atomic mass is 19.1. The van der Waals surface area contributed by atoms with E-state index in [1.54, 1.807) is 18.2 Å². The van der Waals surface area contributed by atoms with E-state index in [1.165, 1.54) is 20.3 Å². The fourth-order valence-corrected chi connectivity index (χ4v) is 4.24. The van der Waals surface area contributed by atoms with E-state index in [2.05, 4.69) is 37.3 Å². The molecule has 9 nitrogen and oxygen atoms in total. The predicted molar refractivity (Wildman–Crippen MR) is 136 cm³/mol. The van der Waals surface area contributed by atoms with E-state index < -0.39 is 5.82 Å². The van der Waals surface area contributed by atoms with Crippen molar-refractivity contribution in [1.82, 2.24) is 20.1 Å². The van der Waals surface area contributed by atoms with Crippen molar-refractivity contribution in [3.63, 3.8) is 0 Å². The van der Waals surface area contributed by atoms with Crippen LogP contribution in [0, 0.1) is 5.82 Å². The molecule has 5 rings (SSSR count). The van der Waals surface area contributed by atoms with Crippen LogP contribution in [0.4, 0.5) is 15.9 Å². The number of amides is 1. The molecule has 186 valence electrons. The normalized spacial score (nSPS) is 14.2. The maximum Gasteiger partial charge on any atom is 0.256 e. The molecule has 1 aliphatic heterocycles. The topological polar surface area (TPSA) is 95.6 Å². The van der Waals surface area contributed by atoms with Crippen molar-refractivity contribution in [1.29, 1.82) is 0 Å². The second-order valence-electron chi connectivity index (χ2n) is 8.65. The molecule has 0 spiro atoms. The van der Waals surface area contributed by atoms with E-state index in [9.17, 15) is 9.18 Å². The number of piperazine rings is 1. The number of hydrogen-bond acceptors (Lipinski definition) is 7. The second kappa shape index (κ2) is 9.82. The van der Waals surface area contributed by atoms with Crippen LogP contribution in [0.5, 0.6) is 11.5 Å². The lowest BCUT2D eigenvalue weighted by atomic mass is 10.1. The Morgan fingerprint density at radius 1 is 1.03 bits per heavy atom.